The predicted octanol–water partition coefficient (Wildman–Crippen LogP) is 3.02. The van der Waals surface area contributed by atoms with Gasteiger partial charge in [-0.2, -0.15) is 0 Å². The molecule has 1 aromatic heterocycles. The molecule has 1 fully saturated rings. The number of rotatable bonds is 2. The van der Waals surface area contributed by atoms with Gasteiger partial charge in [-0.25, -0.2) is 9.78 Å². The lowest BCUT2D eigenvalue weighted by Gasteiger charge is -2.13. The summed E-state index contributed by atoms with van der Waals surface area (Å²) in [6, 6.07) is 0. The molecule has 4 heteroatoms. The van der Waals surface area contributed by atoms with Crippen LogP contribution >= 0.6 is 11.3 Å². The SMILES string of the molecule is CC(C)(C)c1nc(C(=O)O)c(C2CC2)s1. The summed E-state index contributed by atoms with van der Waals surface area (Å²) in [5.41, 5.74) is 0.231. The molecule has 1 aliphatic rings. The van der Waals surface area contributed by atoms with Gasteiger partial charge in [0.05, 0.1) is 5.01 Å². The number of hydrogen-bond acceptors (Lipinski definition) is 3. The average molecular weight is 225 g/mol. The van der Waals surface area contributed by atoms with Crippen molar-refractivity contribution in [2.24, 2.45) is 0 Å². The second-order valence-corrected chi connectivity index (χ2v) is 6.09. The molecule has 0 radical (unpaired) electrons. The highest BCUT2D eigenvalue weighted by Gasteiger charge is 2.33. The highest BCUT2D eigenvalue weighted by molar-refractivity contribution is 7.12. The van der Waals surface area contributed by atoms with Gasteiger partial charge in [0.1, 0.15) is 0 Å². The predicted molar refractivity (Wildman–Crippen MR) is 59.7 cm³/mol. The van der Waals surface area contributed by atoms with Gasteiger partial charge in [0.25, 0.3) is 0 Å². The molecular weight excluding hydrogens is 210 g/mol. The summed E-state index contributed by atoms with van der Waals surface area (Å²) in [4.78, 5) is 16.3. The number of aromatic nitrogens is 1. The molecule has 0 amide bonds. The molecule has 2 rings (SSSR count). The van der Waals surface area contributed by atoms with Crippen molar-refractivity contribution in [1.82, 2.24) is 4.98 Å². The summed E-state index contributed by atoms with van der Waals surface area (Å²) in [7, 11) is 0. The molecule has 0 unspecified atom stereocenters. The highest BCUT2D eigenvalue weighted by Crippen LogP contribution is 2.46. The van der Waals surface area contributed by atoms with E-state index in [1.54, 1.807) is 11.3 Å². The minimum absolute atomic E-state index is 0.0536. The second kappa shape index (κ2) is 3.30. The summed E-state index contributed by atoms with van der Waals surface area (Å²) in [6.45, 7) is 6.19. The van der Waals surface area contributed by atoms with Crippen LogP contribution in [0.1, 0.15) is 59.9 Å². The van der Waals surface area contributed by atoms with Crippen molar-refractivity contribution in [2.75, 3.05) is 0 Å². The number of thiazole rings is 1. The van der Waals surface area contributed by atoms with E-state index in [1.165, 1.54) is 0 Å². The van der Waals surface area contributed by atoms with E-state index in [2.05, 4.69) is 25.8 Å². The Labute approximate surface area is 93.2 Å². The maximum absolute atomic E-state index is 11.0. The van der Waals surface area contributed by atoms with Crippen LogP contribution in [0.5, 0.6) is 0 Å². The topological polar surface area (TPSA) is 50.2 Å². The molecule has 15 heavy (non-hydrogen) atoms. The van der Waals surface area contributed by atoms with Gasteiger partial charge < -0.3 is 5.11 Å². The molecule has 1 aliphatic carbocycles. The Kier molecular flexibility index (Phi) is 2.34. The molecule has 1 aromatic rings. The third-order valence-corrected chi connectivity index (χ3v) is 4.09. The highest BCUT2D eigenvalue weighted by atomic mass is 32.1. The van der Waals surface area contributed by atoms with Crippen molar-refractivity contribution >= 4 is 17.3 Å². The van der Waals surface area contributed by atoms with E-state index in [0.29, 0.717) is 5.92 Å². The lowest BCUT2D eigenvalue weighted by atomic mass is 9.98. The van der Waals surface area contributed by atoms with Crippen LogP contribution in [0.15, 0.2) is 0 Å². The zero-order valence-corrected chi connectivity index (χ0v) is 10.0. The number of carbonyl (C=O) groups is 1. The van der Waals surface area contributed by atoms with Crippen LogP contribution in [0.25, 0.3) is 0 Å². The summed E-state index contributed by atoms with van der Waals surface area (Å²) < 4.78 is 0. The molecule has 0 bridgehead atoms. The molecule has 3 nitrogen and oxygen atoms in total. The third kappa shape index (κ3) is 2.04. The van der Waals surface area contributed by atoms with Crippen LogP contribution in [0.3, 0.4) is 0 Å². The zero-order chi connectivity index (χ0) is 11.2. The van der Waals surface area contributed by atoms with Gasteiger partial charge in [-0.1, -0.05) is 20.8 Å². The first-order valence-electron chi connectivity index (χ1n) is 5.14. The largest absolute Gasteiger partial charge is 0.476 e. The monoisotopic (exact) mass is 225 g/mol. The van der Waals surface area contributed by atoms with Crippen LogP contribution in [-0.2, 0) is 5.41 Å². The number of nitrogens with zero attached hydrogens (tertiary/aromatic N) is 1. The fourth-order valence-electron chi connectivity index (χ4n) is 1.43. The average Bonchev–Trinajstić information content (AvgIpc) is 2.81. The Bertz CT molecular complexity index is 399. The number of carboxylic acids is 1. The number of hydrogen-bond donors (Lipinski definition) is 1. The molecule has 0 spiro atoms. The molecule has 1 N–H and O–H groups in total. The smallest absolute Gasteiger partial charge is 0.355 e. The van der Waals surface area contributed by atoms with Gasteiger partial charge in [-0.15, -0.1) is 11.3 Å². The second-order valence-electron chi connectivity index (χ2n) is 5.06. The Morgan fingerprint density at radius 2 is 2.07 bits per heavy atom. The Morgan fingerprint density at radius 1 is 1.47 bits per heavy atom. The first-order chi connectivity index (χ1) is 6.89. The van der Waals surface area contributed by atoms with E-state index in [1.807, 2.05) is 0 Å². The standard InChI is InChI=1S/C11H15NO2S/c1-11(2,3)10-12-7(9(13)14)8(15-10)6-4-5-6/h6H,4-5H2,1-3H3,(H,13,14). The van der Waals surface area contributed by atoms with Crippen LogP contribution < -0.4 is 0 Å². The van der Waals surface area contributed by atoms with Crippen molar-refractivity contribution in [2.45, 2.75) is 44.9 Å². The summed E-state index contributed by atoms with van der Waals surface area (Å²) in [6.07, 6.45) is 2.23. The fourth-order valence-corrected chi connectivity index (χ4v) is 2.71. The number of carboxylic acid groups (broad SMARTS) is 1. The van der Waals surface area contributed by atoms with E-state index < -0.39 is 5.97 Å². The quantitative estimate of drug-likeness (QED) is 0.841. The van der Waals surface area contributed by atoms with Crippen molar-refractivity contribution in [1.29, 1.82) is 0 Å². The normalized spacial score (nSPS) is 16.7. The molecule has 0 saturated heterocycles. The van der Waals surface area contributed by atoms with Gasteiger partial charge >= 0.3 is 5.97 Å². The van der Waals surface area contributed by atoms with E-state index in [-0.39, 0.29) is 11.1 Å². The van der Waals surface area contributed by atoms with Crippen molar-refractivity contribution < 1.29 is 9.90 Å². The van der Waals surface area contributed by atoms with Crippen molar-refractivity contribution in [3.05, 3.63) is 15.6 Å². The van der Waals surface area contributed by atoms with Gasteiger partial charge in [-0.3, -0.25) is 0 Å². The van der Waals surface area contributed by atoms with Gasteiger partial charge in [0, 0.05) is 10.3 Å². The first-order valence-corrected chi connectivity index (χ1v) is 5.95. The van der Waals surface area contributed by atoms with Crippen molar-refractivity contribution in [3.63, 3.8) is 0 Å². The summed E-state index contributed by atoms with van der Waals surface area (Å²) in [5, 5.41) is 10.00. The molecule has 0 aromatic carbocycles. The molecule has 1 heterocycles. The Balaban J connectivity index is 2.44. The fraction of sp³-hybridized carbons (Fsp3) is 0.636. The lowest BCUT2D eigenvalue weighted by molar-refractivity contribution is 0.0690. The van der Waals surface area contributed by atoms with Crippen LogP contribution in [0, 0.1) is 0 Å². The maximum Gasteiger partial charge on any atom is 0.355 e. The molecular formula is C11H15NO2S. The number of aromatic carboxylic acids is 1. The molecule has 0 aliphatic heterocycles. The Hall–Kier alpha value is -0.900. The zero-order valence-electron chi connectivity index (χ0n) is 9.20. The van der Waals surface area contributed by atoms with Gasteiger partial charge in [0.15, 0.2) is 5.69 Å². The van der Waals surface area contributed by atoms with Crippen LogP contribution in [0.4, 0.5) is 0 Å². The molecule has 82 valence electrons. The van der Waals surface area contributed by atoms with Crippen LogP contribution in [0.2, 0.25) is 0 Å². The lowest BCUT2D eigenvalue weighted by Crippen LogP contribution is -2.11. The third-order valence-electron chi connectivity index (χ3n) is 2.45. The van der Waals surface area contributed by atoms with E-state index in [0.717, 1.165) is 22.7 Å². The summed E-state index contributed by atoms with van der Waals surface area (Å²) in [5.74, 6) is -0.423. The maximum atomic E-state index is 11.0. The van der Waals surface area contributed by atoms with Crippen molar-refractivity contribution in [3.8, 4) is 0 Å². The van der Waals surface area contributed by atoms with E-state index in [9.17, 15) is 4.79 Å². The van der Waals surface area contributed by atoms with E-state index in [4.69, 9.17) is 5.11 Å². The molecule has 1 saturated carbocycles. The minimum Gasteiger partial charge on any atom is -0.476 e. The summed E-state index contributed by atoms with van der Waals surface area (Å²) >= 11 is 1.57. The Morgan fingerprint density at radius 3 is 2.47 bits per heavy atom. The van der Waals surface area contributed by atoms with E-state index >= 15 is 0 Å². The van der Waals surface area contributed by atoms with Crippen LogP contribution in [-0.4, -0.2) is 16.1 Å². The minimum atomic E-state index is -0.886. The van der Waals surface area contributed by atoms with Gasteiger partial charge in [-0.05, 0) is 18.8 Å². The first kappa shape index (κ1) is 10.6. The molecule has 0 atom stereocenters. The van der Waals surface area contributed by atoms with Gasteiger partial charge in [0.2, 0.25) is 0 Å².